The van der Waals surface area contributed by atoms with Gasteiger partial charge in [-0.25, -0.2) is 0 Å². The molecule has 0 N–H and O–H groups in total. The van der Waals surface area contributed by atoms with Gasteiger partial charge in [-0.3, -0.25) is 9.48 Å². The van der Waals surface area contributed by atoms with Crippen molar-refractivity contribution >= 4 is 11.0 Å². The first kappa shape index (κ1) is 8.67. The lowest BCUT2D eigenvalue weighted by molar-refractivity contribution is -0.0283. The lowest BCUT2D eigenvalue weighted by Crippen LogP contribution is -2.30. The van der Waals surface area contributed by atoms with E-state index in [1.54, 1.807) is 17.7 Å². The van der Waals surface area contributed by atoms with E-state index in [9.17, 15) is 4.79 Å². The highest BCUT2D eigenvalue weighted by atomic mass is 16.5. The fraction of sp³-hybridized carbons (Fsp3) is 0.400. The van der Waals surface area contributed by atoms with E-state index in [4.69, 9.17) is 4.74 Å². The number of hydrogen-bond donors (Lipinski definition) is 0. The van der Waals surface area contributed by atoms with Crippen molar-refractivity contribution in [3.8, 4) is 0 Å². The molecule has 1 fully saturated rings. The molecule has 1 aliphatic heterocycles. The van der Waals surface area contributed by atoms with Crippen LogP contribution in [0, 0.1) is 0 Å². The normalized spacial score (nSPS) is 16.9. The van der Waals surface area contributed by atoms with Gasteiger partial charge >= 0.3 is 0 Å². The summed E-state index contributed by atoms with van der Waals surface area (Å²) in [7, 11) is 1.76. The van der Waals surface area contributed by atoms with Crippen LogP contribution in [-0.2, 0) is 11.8 Å². The van der Waals surface area contributed by atoms with E-state index in [1.165, 1.54) is 6.07 Å². The number of aromatic nitrogens is 3. The predicted octanol–water partition coefficient (Wildman–Crippen LogP) is 0.306. The first-order valence-electron chi connectivity index (χ1n) is 4.88. The summed E-state index contributed by atoms with van der Waals surface area (Å²) in [6.45, 7) is 1.42. The standard InChI is InChI=1S/C10H11N3O2/c1-12-9-4-13(7-5-15-6-7)11-8(9)2-3-10(12)14/h2-4,7H,5-6H2,1H3. The Hall–Kier alpha value is -1.62. The minimum atomic E-state index is -0.00749. The van der Waals surface area contributed by atoms with Gasteiger partial charge in [-0.1, -0.05) is 0 Å². The Labute approximate surface area is 85.9 Å². The van der Waals surface area contributed by atoms with Crippen LogP contribution < -0.4 is 5.56 Å². The molecule has 0 amide bonds. The molecule has 3 heterocycles. The Morgan fingerprint density at radius 1 is 1.47 bits per heavy atom. The maximum absolute atomic E-state index is 11.4. The highest BCUT2D eigenvalue weighted by Gasteiger charge is 2.21. The van der Waals surface area contributed by atoms with E-state index >= 15 is 0 Å². The molecule has 2 aromatic heterocycles. The van der Waals surface area contributed by atoms with Crippen molar-refractivity contribution in [2.24, 2.45) is 7.05 Å². The highest BCUT2D eigenvalue weighted by Crippen LogP contribution is 2.19. The third-order valence-electron chi connectivity index (χ3n) is 2.81. The summed E-state index contributed by atoms with van der Waals surface area (Å²) < 4.78 is 8.60. The Kier molecular flexibility index (Phi) is 1.70. The molecule has 5 heteroatoms. The zero-order valence-electron chi connectivity index (χ0n) is 8.38. The molecular weight excluding hydrogens is 194 g/mol. The van der Waals surface area contributed by atoms with Crippen molar-refractivity contribution in [1.82, 2.24) is 14.3 Å². The van der Waals surface area contributed by atoms with Crippen LogP contribution in [0.25, 0.3) is 11.0 Å². The van der Waals surface area contributed by atoms with Gasteiger partial charge in [-0.2, -0.15) is 5.10 Å². The van der Waals surface area contributed by atoms with E-state index in [0.717, 1.165) is 11.0 Å². The van der Waals surface area contributed by atoms with E-state index in [0.29, 0.717) is 19.3 Å². The van der Waals surface area contributed by atoms with Gasteiger partial charge in [-0.05, 0) is 6.07 Å². The molecule has 0 atom stereocenters. The van der Waals surface area contributed by atoms with E-state index in [-0.39, 0.29) is 5.56 Å². The quantitative estimate of drug-likeness (QED) is 0.673. The lowest BCUT2D eigenvalue weighted by Gasteiger charge is -2.25. The number of nitrogens with zero attached hydrogens (tertiary/aromatic N) is 3. The van der Waals surface area contributed by atoms with Crippen LogP contribution in [0.5, 0.6) is 0 Å². The third-order valence-corrected chi connectivity index (χ3v) is 2.81. The summed E-state index contributed by atoms with van der Waals surface area (Å²) in [6, 6.07) is 3.62. The molecule has 5 nitrogen and oxygen atoms in total. The van der Waals surface area contributed by atoms with Crippen LogP contribution in [0.15, 0.2) is 23.1 Å². The van der Waals surface area contributed by atoms with Gasteiger partial charge in [0.15, 0.2) is 0 Å². The summed E-state index contributed by atoms with van der Waals surface area (Å²) in [5.74, 6) is 0. The average molecular weight is 205 g/mol. The van der Waals surface area contributed by atoms with Crippen molar-refractivity contribution in [2.45, 2.75) is 6.04 Å². The van der Waals surface area contributed by atoms with Crippen molar-refractivity contribution in [3.63, 3.8) is 0 Å². The summed E-state index contributed by atoms with van der Waals surface area (Å²) in [6.07, 6.45) is 1.91. The molecule has 0 bridgehead atoms. The fourth-order valence-electron chi connectivity index (χ4n) is 1.72. The molecule has 78 valence electrons. The maximum atomic E-state index is 11.4. The smallest absolute Gasteiger partial charge is 0.250 e. The summed E-state index contributed by atoms with van der Waals surface area (Å²) in [4.78, 5) is 11.4. The number of rotatable bonds is 1. The van der Waals surface area contributed by atoms with Gasteiger partial charge in [0.25, 0.3) is 5.56 Å². The third kappa shape index (κ3) is 1.20. The van der Waals surface area contributed by atoms with Gasteiger partial charge in [0.1, 0.15) is 5.52 Å². The van der Waals surface area contributed by atoms with Gasteiger partial charge in [0.05, 0.1) is 24.8 Å². The molecule has 1 saturated heterocycles. The molecule has 0 spiro atoms. The van der Waals surface area contributed by atoms with Gasteiger partial charge in [0, 0.05) is 19.3 Å². The SMILES string of the molecule is Cn1c(=O)ccc2nn(C3COC3)cc21. The number of pyridine rings is 1. The zero-order chi connectivity index (χ0) is 10.4. The van der Waals surface area contributed by atoms with Crippen LogP contribution in [0.1, 0.15) is 6.04 Å². The number of fused-ring (bicyclic) bond motifs is 1. The minimum Gasteiger partial charge on any atom is -0.377 e. The van der Waals surface area contributed by atoms with E-state index in [2.05, 4.69) is 5.10 Å². The number of ether oxygens (including phenoxy) is 1. The molecule has 0 aromatic carbocycles. The van der Waals surface area contributed by atoms with Crippen molar-refractivity contribution in [1.29, 1.82) is 0 Å². The topological polar surface area (TPSA) is 49.0 Å². The van der Waals surface area contributed by atoms with Crippen molar-refractivity contribution in [3.05, 3.63) is 28.7 Å². The first-order chi connectivity index (χ1) is 7.25. The Balaban J connectivity index is 2.21. The molecule has 15 heavy (non-hydrogen) atoms. The second-order valence-corrected chi connectivity index (χ2v) is 3.80. The number of aryl methyl sites for hydroxylation is 1. The Bertz CT molecular complexity index is 566. The van der Waals surface area contributed by atoms with Crippen LogP contribution in [-0.4, -0.2) is 27.6 Å². The van der Waals surface area contributed by atoms with Gasteiger partial charge in [0.2, 0.25) is 0 Å². The molecule has 3 rings (SSSR count). The average Bonchev–Trinajstić information content (AvgIpc) is 2.53. The Morgan fingerprint density at radius 2 is 2.27 bits per heavy atom. The first-order valence-corrected chi connectivity index (χ1v) is 4.88. The molecule has 0 radical (unpaired) electrons. The van der Waals surface area contributed by atoms with Gasteiger partial charge < -0.3 is 9.30 Å². The second kappa shape index (κ2) is 2.93. The van der Waals surface area contributed by atoms with Gasteiger partial charge in [-0.15, -0.1) is 0 Å². The molecule has 0 aliphatic carbocycles. The van der Waals surface area contributed by atoms with Crippen LogP contribution in [0.3, 0.4) is 0 Å². The molecule has 0 unspecified atom stereocenters. The summed E-state index contributed by atoms with van der Waals surface area (Å²) in [5, 5.41) is 4.41. The predicted molar refractivity (Wildman–Crippen MR) is 54.8 cm³/mol. The second-order valence-electron chi connectivity index (χ2n) is 3.80. The van der Waals surface area contributed by atoms with Crippen molar-refractivity contribution < 1.29 is 4.74 Å². The summed E-state index contributed by atoms with van der Waals surface area (Å²) in [5.41, 5.74) is 1.71. The number of hydrogen-bond acceptors (Lipinski definition) is 3. The molecule has 0 saturated carbocycles. The molecule has 1 aliphatic rings. The lowest BCUT2D eigenvalue weighted by atomic mass is 10.3. The van der Waals surface area contributed by atoms with E-state index < -0.39 is 0 Å². The molecular formula is C10H11N3O2. The Morgan fingerprint density at radius 3 is 2.93 bits per heavy atom. The fourth-order valence-corrected chi connectivity index (χ4v) is 1.72. The van der Waals surface area contributed by atoms with Crippen LogP contribution >= 0.6 is 0 Å². The van der Waals surface area contributed by atoms with E-state index in [1.807, 2.05) is 10.9 Å². The monoisotopic (exact) mass is 205 g/mol. The zero-order valence-corrected chi connectivity index (χ0v) is 8.38. The van der Waals surface area contributed by atoms with Crippen LogP contribution in [0.4, 0.5) is 0 Å². The molecule has 2 aromatic rings. The maximum Gasteiger partial charge on any atom is 0.250 e. The van der Waals surface area contributed by atoms with Crippen LogP contribution in [0.2, 0.25) is 0 Å². The highest BCUT2D eigenvalue weighted by molar-refractivity contribution is 5.73. The van der Waals surface area contributed by atoms with Crippen molar-refractivity contribution in [2.75, 3.05) is 13.2 Å². The summed E-state index contributed by atoms with van der Waals surface area (Å²) >= 11 is 0. The minimum absolute atomic E-state index is 0.00749. The largest absolute Gasteiger partial charge is 0.377 e.